The molecule has 1 aliphatic rings. The minimum Gasteiger partial charge on any atom is -0.482 e. The molecule has 0 radical (unpaired) electrons. The molecule has 2 N–H and O–H groups in total. The molecule has 0 aliphatic carbocycles. The lowest BCUT2D eigenvalue weighted by atomic mass is 10.0. The van der Waals surface area contributed by atoms with Gasteiger partial charge in [-0.05, 0) is 37.5 Å². The van der Waals surface area contributed by atoms with E-state index in [-0.39, 0.29) is 36.8 Å². The Kier molecular flexibility index (Phi) is 7.00. The van der Waals surface area contributed by atoms with Gasteiger partial charge in [-0.3, -0.25) is 19.3 Å². The van der Waals surface area contributed by atoms with E-state index in [0.29, 0.717) is 23.7 Å². The Morgan fingerprint density at radius 2 is 1.96 bits per heavy atom. The minimum atomic E-state index is -0.285. The normalized spacial score (nSPS) is 13.2. The van der Waals surface area contributed by atoms with Gasteiger partial charge in [0.15, 0.2) is 6.61 Å². The van der Waals surface area contributed by atoms with E-state index in [2.05, 4.69) is 10.6 Å². The molecule has 7 nitrogen and oxygen atoms in total. The SMILES string of the molecule is CCCNC(=O)CN1C(=O)COc2ccc(NC(=O)C(CC)CC)cc21. The topological polar surface area (TPSA) is 87.7 Å². The lowest BCUT2D eigenvalue weighted by Crippen LogP contribution is -2.45. The summed E-state index contributed by atoms with van der Waals surface area (Å²) in [6, 6.07) is 5.13. The van der Waals surface area contributed by atoms with Gasteiger partial charge in [-0.25, -0.2) is 0 Å². The Bertz CT molecular complexity index is 671. The number of nitrogens with zero attached hydrogens (tertiary/aromatic N) is 1. The van der Waals surface area contributed by atoms with E-state index in [1.54, 1.807) is 18.2 Å². The molecule has 3 amide bonds. The number of ether oxygens (including phenoxy) is 1. The molecule has 1 aromatic rings. The molecule has 0 aromatic heterocycles. The van der Waals surface area contributed by atoms with Crippen molar-refractivity contribution in [2.75, 3.05) is 29.9 Å². The van der Waals surface area contributed by atoms with Crippen molar-refractivity contribution in [2.24, 2.45) is 5.92 Å². The number of hydrogen-bond donors (Lipinski definition) is 2. The first-order valence-electron chi connectivity index (χ1n) is 9.14. The fourth-order valence-corrected chi connectivity index (χ4v) is 2.82. The first-order valence-corrected chi connectivity index (χ1v) is 9.14. The van der Waals surface area contributed by atoms with Crippen molar-refractivity contribution in [1.82, 2.24) is 5.32 Å². The molecular weight excluding hydrogens is 334 g/mol. The lowest BCUT2D eigenvalue weighted by Gasteiger charge is -2.29. The number of hydrogen-bond acceptors (Lipinski definition) is 4. The highest BCUT2D eigenvalue weighted by atomic mass is 16.5. The fraction of sp³-hybridized carbons (Fsp3) is 0.526. The van der Waals surface area contributed by atoms with Gasteiger partial charge in [-0.2, -0.15) is 0 Å². The van der Waals surface area contributed by atoms with Crippen LogP contribution in [0.1, 0.15) is 40.0 Å². The first-order chi connectivity index (χ1) is 12.5. The number of fused-ring (bicyclic) bond motifs is 1. The van der Waals surface area contributed by atoms with Crippen LogP contribution in [0.15, 0.2) is 18.2 Å². The molecule has 1 aliphatic heterocycles. The van der Waals surface area contributed by atoms with Crippen molar-refractivity contribution in [3.05, 3.63) is 18.2 Å². The van der Waals surface area contributed by atoms with Gasteiger partial charge < -0.3 is 15.4 Å². The van der Waals surface area contributed by atoms with Crippen LogP contribution < -0.4 is 20.3 Å². The zero-order valence-corrected chi connectivity index (χ0v) is 15.6. The fourth-order valence-electron chi connectivity index (χ4n) is 2.82. The zero-order chi connectivity index (χ0) is 19.1. The molecule has 0 atom stereocenters. The predicted octanol–water partition coefficient (Wildman–Crippen LogP) is 2.31. The molecule has 1 heterocycles. The van der Waals surface area contributed by atoms with Gasteiger partial charge >= 0.3 is 0 Å². The van der Waals surface area contributed by atoms with Crippen molar-refractivity contribution in [3.63, 3.8) is 0 Å². The van der Waals surface area contributed by atoms with E-state index >= 15 is 0 Å². The molecule has 0 spiro atoms. The van der Waals surface area contributed by atoms with Crippen LogP contribution in [0.25, 0.3) is 0 Å². The van der Waals surface area contributed by atoms with Crippen LogP contribution >= 0.6 is 0 Å². The third-order valence-electron chi connectivity index (χ3n) is 4.40. The largest absolute Gasteiger partial charge is 0.482 e. The van der Waals surface area contributed by atoms with E-state index in [4.69, 9.17) is 4.74 Å². The Balaban J connectivity index is 2.19. The van der Waals surface area contributed by atoms with Crippen LogP contribution in [0.2, 0.25) is 0 Å². The molecule has 0 saturated carbocycles. The molecule has 0 fully saturated rings. The van der Waals surface area contributed by atoms with E-state index in [1.165, 1.54) is 4.90 Å². The van der Waals surface area contributed by atoms with Gasteiger partial charge in [0.05, 0.1) is 5.69 Å². The second kappa shape index (κ2) is 9.22. The van der Waals surface area contributed by atoms with E-state index in [0.717, 1.165) is 19.3 Å². The predicted molar refractivity (Wildman–Crippen MR) is 100 cm³/mol. The highest BCUT2D eigenvalue weighted by Gasteiger charge is 2.28. The summed E-state index contributed by atoms with van der Waals surface area (Å²) in [4.78, 5) is 38.0. The Morgan fingerprint density at radius 1 is 1.23 bits per heavy atom. The second-order valence-corrected chi connectivity index (χ2v) is 6.30. The molecule has 2 rings (SSSR count). The molecule has 7 heteroatoms. The van der Waals surface area contributed by atoms with Crippen LogP contribution in [0.4, 0.5) is 11.4 Å². The number of anilines is 2. The van der Waals surface area contributed by atoms with Gasteiger partial charge in [0.1, 0.15) is 12.3 Å². The lowest BCUT2D eigenvalue weighted by molar-refractivity contribution is -0.125. The summed E-state index contributed by atoms with van der Waals surface area (Å²) >= 11 is 0. The van der Waals surface area contributed by atoms with Crippen LogP contribution in [-0.2, 0) is 14.4 Å². The summed E-state index contributed by atoms with van der Waals surface area (Å²) in [5.74, 6) is -0.0920. The summed E-state index contributed by atoms with van der Waals surface area (Å²) in [5.41, 5.74) is 1.08. The summed E-state index contributed by atoms with van der Waals surface area (Å²) in [5, 5.41) is 5.65. The third-order valence-corrected chi connectivity index (χ3v) is 4.40. The number of nitrogens with one attached hydrogen (secondary N) is 2. The summed E-state index contributed by atoms with van der Waals surface area (Å²) in [7, 11) is 0. The van der Waals surface area contributed by atoms with Gasteiger partial charge in [0.25, 0.3) is 5.91 Å². The second-order valence-electron chi connectivity index (χ2n) is 6.30. The third kappa shape index (κ3) is 4.74. The number of carbonyl (C=O) groups is 3. The molecule has 0 unspecified atom stereocenters. The van der Waals surface area contributed by atoms with Gasteiger partial charge in [0, 0.05) is 18.2 Å². The van der Waals surface area contributed by atoms with Crippen LogP contribution in [0, 0.1) is 5.92 Å². The standard InChI is InChI=1S/C19H27N3O4/c1-4-9-20-17(23)11-22-15-10-14(21-19(25)13(5-2)6-3)7-8-16(15)26-12-18(22)24/h7-8,10,13H,4-6,9,11-12H2,1-3H3,(H,20,23)(H,21,25). The average molecular weight is 361 g/mol. The molecule has 1 aromatic carbocycles. The molecule has 0 bridgehead atoms. The van der Waals surface area contributed by atoms with E-state index < -0.39 is 0 Å². The smallest absolute Gasteiger partial charge is 0.265 e. The zero-order valence-electron chi connectivity index (χ0n) is 15.6. The summed E-state index contributed by atoms with van der Waals surface area (Å²) in [6.07, 6.45) is 2.35. The van der Waals surface area contributed by atoms with Gasteiger partial charge in [0.2, 0.25) is 11.8 Å². The maximum atomic E-state index is 12.3. The summed E-state index contributed by atoms with van der Waals surface area (Å²) in [6.45, 7) is 6.31. The summed E-state index contributed by atoms with van der Waals surface area (Å²) < 4.78 is 5.44. The number of carbonyl (C=O) groups excluding carboxylic acids is 3. The van der Waals surface area contributed by atoms with Crippen molar-refractivity contribution >= 4 is 29.1 Å². The van der Waals surface area contributed by atoms with Crippen molar-refractivity contribution in [3.8, 4) is 5.75 Å². The van der Waals surface area contributed by atoms with Gasteiger partial charge in [-0.1, -0.05) is 20.8 Å². The Hall–Kier alpha value is -2.57. The maximum absolute atomic E-state index is 12.3. The van der Waals surface area contributed by atoms with Crippen LogP contribution in [-0.4, -0.2) is 37.4 Å². The number of benzene rings is 1. The highest BCUT2D eigenvalue weighted by Crippen LogP contribution is 2.34. The Labute approximate surface area is 154 Å². The molecule has 142 valence electrons. The highest BCUT2D eigenvalue weighted by molar-refractivity contribution is 6.03. The number of amides is 3. The van der Waals surface area contributed by atoms with Gasteiger partial charge in [-0.15, -0.1) is 0 Å². The van der Waals surface area contributed by atoms with Crippen molar-refractivity contribution in [2.45, 2.75) is 40.0 Å². The quantitative estimate of drug-likeness (QED) is 0.744. The van der Waals surface area contributed by atoms with Crippen molar-refractivity contribution < 1.29 is 19.1 Å². The molecular formula is C19H27N3O4. The Morgan fingerprint density at radius 3 is 2.62 bits per heavy atom. The monoisotopic (exact) mass is 361 g/mol. The van der Waals surface area contributed by atoms with Crippen molar-refractivity contribution in [1.29, 1.82) is 0 Å². The maximum Gasteiger partial charge on any atom is 0.265 e. The number of rotatable bonds is 8. The van der Waals surface area contributed by atoms with Crippen LogP contribution in [0.3, 0.4) is 0 Å². The van der Waals surface area contributed by atoms with E-state index in [1.807, 2.05) is 20.8 Å². The molecule has 26 heavy (non-hydrogen) atoms. The first kappa shape index (κ1) is 19.8. The van der Waals surface area contributed by atoms with Crippen LogP contribution in [0.5, 0.6) is 5.75 Å². The average Bonchev–Trinajstić information content (AvgIpc) is 2.63. The molecule has 0 saturated heterocycles. The van der Waals surface area contributed by atoms with E-state index in [9.17, 15) is 14.4 Å². The minimum absolute atomic E-state index is 0.0507.